The molecule has 3 heterocycles. The maximum Gasteiger partial charge on any atom is 0.340 e. The second-order valence-corrected chi connectivity index (χ2v) is 8.85. The molecular weight excluding hydrogens is 442 g/mol. The van der Waals surface area contributed by atoms with Crippen LogP contribution in [0.3, 0.4) is 0 Å². The third kappa shape index (κ3) is 5.25. The van der Waals surface area contributed by atoms with E-state index in [-0.39, 0.29) is 12.5 Å². The summed E-state index contributed by atoms with van der Waals surface area (Å²) in [7, 11) is 0. The Labute approximate surface area is 195 Å². The molecule has 0 bridgehead atoms. The fourth-order valence-electron chi connectivity index (χ4n) is 3.41. The van der Waals surface area contributed by atoms with Gasteiger partial charge in [-0.25, -0.2) is 9.78 Å². The Bertz CT molecular complexity index is 1130. The van der Waals surface area contributed by atoms with E-state index in [1.54, 1.807) is 46.6 Å². The van der Waals surface area contributed by atoms with Crippen LogP contribution in [0.25, 0.3) is 0 Å². The fourth-order valence-corrected chi connectivity index (χ4v) is 4.10. The Balaban J connectivity index is 1.27. The van der Waals surface area contributed by atoms with Crippen molar-refractivity contribution in [2.45, 2.75) is 25.4 Å². The quantitative estimate of drug-likeness (QED) is 0.505. The van der Waals surface area contributed by atoms with E-state index >= 15 is 0 Å². The Morgan fingerprint density at radius 2 is 1.97 bits per heavy atom. The molecular formula is C24H23N3O5S. The highest BCUT2D eigenvalue weighted by Crippen LogP contribution is 2.34. The molecule has 8 nitrogen and oxygen atoms in total. The SMILES string of the molecule is O=C(OCC(=O)N(Cc1cccs1)c1ccc2c(c1)OCCO2)c1ccc(NC2CC2)nc1. The monoisotopic (exact) mass is 465 g/mol. The number of nitrogens with zero attached hydrogens (tertiary/aromatic N) is 2. The molecule has 1 aliphatic heterocycles. The van der Waals surface area contributed by atoms with Gasteiger partial charge in [0.2, 0.25) is 0 Å². The van der Waals surface area contributed by atoms with E-state index in [4.69, 9.17) is 14.2 Å². The molecule has 0 saturated heterocycles. The number of rotatable bonds is 8. The first-order chi connectivity index (χ1) is 16.2. The average molecular weight is 466 g/mol. The van der Waals surface area contributed by atoms with Crippen LogP contribution in [0.2, 0.25) is 0 Å². The van der Waals surface area contributed by atoms with Gasteiger partial charge in [-0.2, -0.15) is 0 Å². The van der Waals surface area contributed by atoms with Crippen molar-refractivity contribution in [1.82, 2.24) is 4.98 Å². The van der Waals surface area contributed by atoms with Gasteiger partial charge in [-0.05, 0) is 48.6 Å². The van der Waals surface area contributed by atoms with Gasteiger partial charge in [0.1, 0.15) is 19.0 Å². The number of hydrogen-bond acceptors (Lipinski definition) is 8. The molecule has 0 unspecified atom stereocenters. The molecule has 2 aromatic heterocycles. The Morgan fingerprint density at radius 3 is 2.70 bits per heavy atom. The summed E-state index contributed by atoms with van der Waals surface area (Å²) in [4.78, 5) is 32.4. The topological polar surface area (TPSA) is 90.0 Å². The highest BCUT2D eigenvalue weighted by Gasteiger charge is 2.23. The maximum absolute atomic E-state index is 13.1. The molecule has 0 radical (unpaired) electrons. The number of hydrogen-bond donors (Lipinski definition) is 1. The summed E-state index contributed by atoms with van der Waals surface area (Å²) in [5.74, 6) is 1.03. The van der Waals surface area contributed by atoms with Crippen molar-refractivity contribution in [3.63, 3.8) is 0 Å². The van der Waals surface area contributed by atoms with Gasteiger partial charge in [0.15, 0.2) is 18.1 Å². The van der Waals surface area contributed by atoms with Gasteiger partial charge in [0.05, 0.1) is 12.1 Å². The van der Waals surface area contributed by atoms with E-state index in [2.05, 4.69) is 10.3 Å². The molecule has 0 spiro atoms. The van der Waals surface area contributed by atoms with Crippen molar-refractivity contribution in [3.05, 3.63) is 64.5 Å². The van der Waals surface area contributed by atoms with Gasteiger partial charge in [0.25, 0.3) is 5.91 Å². The molecule has 1 aliphatic carbocycles. The number of ether oxygens (including phenoxy) is 3. The fraction of sp³-hybridized carbons (Fsp3) is 0.292. The van der Waals surface area contributed by atoms with Crippen molar-refractivity contribution >= 4 is 34.7 Å². The minimum atomic E-state index is -0.591. The Hall–Kier alpha value is -3.59. The molecule has 1 aromatic carbocycles. The van der Waals surface area contributed by atoms with Gasteiger partial charge in [-0.3, -0.25) is 4.79 Å². The third-order valence-electron chi connectivity index (χ3n) is 5.29. The normalized spacial score (nSPS) is 14.4. The number of aromatic nitrogens is 1. The minimum Gasteiger partial charge on any atom is -0.486 e. The lowest BCUT2D eigenvalue weighted by atomic mass is 10.2. The molecule has 3 aromatic rings. The number of thiophene rings is 1. The minimum absolute atomic E-state index is 0.299. The number of carbonyl (C=O) groups excluding carboxylic acids is 2. The zero-order chi connectivity index (χ0) is 22.6. The van der Waals surface area contributed by atoms with Crippen LogP contribution in [-0.2, 0) is 16.1 Å². The van der Waals surface area contributed by atoms with Crippen molar-refractivity contribution in [3.8, 4) is 11.5 Å². The van der Waals surface area contributed by atoms with Crippen LogP contribution >= 0.6 is 11.3 Å². The summed E-state index contributed by atoms with van der Waals surface area (Å²) in [5.41, 5.74) is 0.944. The molecule has 2 aliphatic rings. The van der Waals surface area contributed by atoms with Crippen molar-refractivity contribution < 1.29 is 23.8 Å². The van der Waals surface area contributed by atoms with Crippen LogP contribution in [0.15, 0.2) is 54.0 Å². The van der Waals surface area contributed by atoms with Crippen molar-refractivity contribution in [2.75, 3.05) is 30.0 Å². The van der Waals surface area contributed by atoms with Gasteiger partial charge >= 0.3 is 5.97 Å². The highest BCUT2D eigenvalue weighted by molar-refractivity contribution is 7.09. The van der Waals surface area contributed by atoms with E-state index in [0.29, 0.717) is 48.6 Å². The van der Waals surface area contributed by atoms with E-state index in [1.807, 2.05) is 17.5 Å². The van der Waals surface area contributed by atoms with Crippen molar-refractivity contribution in [2.24, 2.45) is 0 Å². The number of amides is 1. The predicted octanol–water partition coefficient (Wildman–Crippen LogP) is 3.88. The van der Waals surface area contributed by atoms with E-state index < -0.39 is 5.97 Å². The molecule has 0 atom stereocenters. The molecule has 1 N–H and O–H groups in total. The highest BCUT2D eigenvalue weighted by atomic mass is 32.1. The lowest BCUT2D eigenvalue weighted by Gasteiger charge is -2.25. The Morgan fingerprint density at radius 1 is 1.12 bits per heavy atom. The number of benzene rings is 1. The van der Waals surface area contributed by atoms with E-state index in [0.717, 1.165) is 23.5 Å². The van der Waals surface area contributed by atoms with E-state index in [9.17, 15) is 9.59 Å². The number of anilines is 2. The lowest BCUT2D eigenvalue weighted by molar-refractivity contribution is -0.121. The summed E-state index contributed by atoms with van der Waals surface area (Å²) in [6.45, 7) is 0.917. The lowest BCUT2D eigenvalue weighted by Crippen LogP contribution is -2.34. The summed E-state index contributed by atoms with van der Waals surface area (Å²) in [5, 5.41) is 5.22. The molecule has 33 heavy (non-hydrogen) atoms. The number of nitrogens with one attached hydrogen (secondary N) is 1. The molecule has 1 saturated carbocycles. The second kappa shape index (κ2) is 9.50. The largest absolute Gasteiger partial charge is 0.486 e. The molecule has 1 amide bonds. The smallest absolute Gasteiger partial charge is 0.340 e. The first-order valence-corrected chi connectivity index (χ1v) is 11.7. The number of pyridine rings is 1. The number of fused-ring (bicyclic) bond motifs is 1. The van der Waals surface area contributed by atoms with Crippen LogP contribution in [0, 0.1) is 0 Å². The molecule has 9 heteroatoms. The van der Waals surface area contributed by atoms with E-state index in [1.165, 1.54) is 6.20 Å². The van der Waals surface area contributed by atoms with Crippen LogP contribution in [0.5, 0.6) is 11.5 Å². The maximum atomic E-state index is 13.1. The van der Waals surface area contributed by atoms with Gasteiger partial charge < -0.3 is 24.4 Å². The van der Waals surface area contributed by atoms with Crippen LogP contribution in [0.4, 0.5) is 11.5 Å². The summed E-state index contributed by atoms with van der Waals surface area (Å²) in [6.07, 6.45) is 3.74. The molecule has 5 rings (SSSR count). The third-order valence-corrected chi connectivity index (χ3v) is 6.15. The zero-order valence-corrected chi connectivity index (χ0v) is 18.7. The first-order valence-electron chi connectivity index (χ1n) is 10.8. The number of esters is 1. The van der Waals surface area contributed by atoms with Crippen LogP contribution < -0.4 is 19.7 Å². The average Bonchev–Trinajstić information content (AvgIpc) is 3.51. The first kappa shape index (κ1) is 21.3. The predicted molar refractivity (Wildman–Crippen MR) is 124 cm³/mol. The van der Waals surface area contributed by atoms with Crippen LogP contribution in [-0.4, -0.2) is 42.7 Å². The molecule has 1 fully saturated rings. The van der Waals surface area contributed by atoms with Gasteiger partial charge in [0, 0.05) is 28.9 Å². The second-order valence-electron chi connectivity index (χ2n) is 7.81. The van der Waals surface area contributed by atoms with Crippen LogP contribution in [0.1, 0.15) is 28.1 Å². The zero-order valence-electron chi connectivity index (χ0n) is 17.9. The summed E-state index contributed by atoms with van der Waals surface area (Å²) >= 11 is 1.55. The Kier molecular flexibility index (Phi) is 6.12. The number of carbonyl (C=O) groups is 2. The summed E-state index contributed by atoms with van der Waals surface area (Å²) in [6, 6.07) is 13.1. The summed E-state index contributed by atoms with van der Waals surface area (Å²) < 4.78 is 16.6. The van der Waals surface area contributed by atoms with Gasteiger partial charge in [-0.1, -0.05) is 6.07 Å². The van der Waals surface area contributed by atoms with Crippen molar-refractivity contribution in [1.29, 1.82) is 0 Å². The molecule has 170 valence electrons. The van der Waals surface area contributed by atoms with Gasteiger partial charge in [-0.15, -0.1) is 11.3 Å². The standard InChI is InChI=1S/C24H23N3O5S/c28-23(15-32-24(29)16-3-8-22(25-13-16)26-17-4-5-17)27(14-19-2-1-11-33-19)18-6-7-20-21(12-18)31-10-9-30-20/h1-3,6-8,11-13,17H,4-5,9-10,14-15H2,(H,25,26).